The highest BCUT2D eigenvalue weighted by atomic mass is 32.1. The molecule has 0 atom stereocenters. The van der Waals surface area contributed by atoms with Gasteiger partial charge in [-0.1, -0.05) is 6.07 Å². The summed E-state index contributed by atoms with van der Waals surface area (Å²) in [5, 5.41) is 9.32. The smallest absolute Gasteiger partial charge is 0.342 e. The summed E-state index contributed by atoms with van der Waals surface area (Å²) < 4.78 is 11.4. The van der Waals surface area contributed by atoms with Gasteiger partial charge in [-0.2, -0.15) is 5.10 Å². The molecule has 10 heteroatoms. The largest absolute Gasteiger partial charge is 0.462 e. The third-order valence-electron chi connectivity index (χ3n) is 4.33. The Kier molecular flexibility index (Phi) is 7.14. The number of ether oxygens (including phenoxy) is 2. The molecule has 0 aliphatic rings. The van der Waals surface area contributed by atoms with Gasteiger partial charge in [-0.05, 0) is 36.9 Å². The Labute approximate surface area is 182 Å². The first kappa shape index (κ1) is 22.2. The van der Waals surface area contributed by atoms with Gasteiger partial charge < -0.3 is 14.8 Å². The highest BCUT2D eigenvalue weighted by Gasteiger charge is 2.26. The molecule has 0 unspecified atom stereocenters. The molecule has 1 N–H and O–H groups in total. The maximum absolute atomic E-state index is 13.1. The average molecular weight is 442 g/mol. The fourth-order valence-corrected chi connectivity index (χ4v) is 3.52. The van der Waals surface area contributed by atoms with Gasteiger partial charge in [0.05, 0.1) is 16.8 Å². The Morgan fingerprint density at radius 2 is 2.00 bits per heavy atom. The van der Waals surface area contributed by atoms with E-state index in [4.69, 9.17) is 9.47 Å². The zero-order chi connectivity index (χ0) is 22.4. The van der Waals surface area contributed by atoms with Crippen molar-refractivity contribution in [1.29, 1.82) is 0 Å². The molecule has 3 rings (SSSR count). The van der Waals surface area contributed by atoms with Crippen molar-refractivity contribution in [3.05, 3.63) is 57.5 Å². The molecule has 0 radical (unpaired) electrons. The molecule has 3 heterocycles. The van der Waals surface area contributed by atoms with Gasteiger partial charge in [0.15, 0.2) is 0 Å². The second-order valence-electron chi connectivity index (χ2n) is 6.49. The normalized spacial score (nSPS) is 10.5. The lowest BCUT2D eigenvalue weighted by Gasteiger charge is -2.17. The van der Waals surface area contributed by atoms with Crippen molar-refractivity contribution in [3.8, 4) is 10.6 Å². The van der Waals surface area contributed by atoms with Crippen molar-refractivity contribution >= 4 is 34.7 Å². The number of hydrogen-bond acceptors (Lipinski definition) is 9. The molecule has 0 aliphatic heterocycles. The second kappa shape index (κ2) is 9.98. The number of esters is 2. The summed E-state index contributed by atoms with van der Waals surface area (Å²) in [6.07, 6.45) is 3.21. The van der Waals surface area contributed by atoms with E-state index < -0.39 is 17.5 Å². The molecular formula is C21H22N4O5S. The Hall–Kier alpha value is -3.53. The van der Waals surface area contributed by atoms with Crippen LogP contribution in [-0.4, -0.2) is 39.9 Å². The van der Waals surface area contributed by atoms with Gasteiger partial charge in [0, 0.05) is 19.7 Å². The predicted molar refractivity (Wildman–Crippen MR) is 117 cm³/mol. The van der Waals surface area contributed by atoms with Crippen molar-refractivity contribution < 1.29 is 19.1 Å². The average Bonchev–Trinajstić information content (AvgIpc) is 3.28. The number of pyridine rings is 1. The van der Waals surface area contributed by atoms with E-state index in [9.17, 15) is 14.4 Å². The first-order chi connectivity index (χ1) is 14.9. The fourth-order valence-electron chi connectivity index (χ4n) is 2.81. The third-order valence-corrected chi connectivity index (χ3v) is 5.21. The molecule has 31 heavy (non-hydrogen) atoms. The molecule has 9 nitrogen and oxygen atoms in total. The lowest BCUT2D eigenvalue weighted by Crippen LogP contribution is -2.29. The molecule has 0 fully saturated rings. The van der Waals surface area contributed by atoms with Gasteiger partial charge in [0.1, 0.15) is 30.2 Å². The van der Waals surface area contributed by atoms with Gasteiger partial charge >= 0.3 is 11.9 Å². The number of thiophene rings is 1. The van der Waals surface area contributed by atoms with Crippen molar-refractivity contribution in [1.82, 2.24) is 14.8 Å². The molecule has 3 aromatic heterocycles. The minimum Gasteiger partial charge on any atom is -0.462 e. The van der Waals surface area contributed by atoms with Crippen molar-refractivity contribution in [2.45, 2.75) is 27.3 Å². The lowest BCUT2D eigenvalue weighted by atomic mass is 10.1. The van der Waals surface area contributed by atoms with E-state index >= 15 is 0 Å². The number of hydrogen-bond donors (Lipinski definition) is 1. The van der Waals surface area contributed by atoms with Crippen LogP contribution in [0, 0.1) is 6.92 Å². The van der Waals surface area contributed by atoms with Crippen LogP contribution in [0.2, 0.25) is 0 Å². The van der Waals surface area contributed by atoms with Crippen LogP contribution in [-0.2, 0) is 20.8 Å². The Morgan fingerprint density at radius 3 is 2.65 bits per heavy atom. The standard InChI is InChI=1S/C21H22N4O5S/c1-4-25-20(27)19(23-15-12-22-8-7-13(15)2)17(18(24-25)16-6-5-11-31-16)21(28)30-10-9-29-14(3)26/h5-8,11-12,23H,4,9-10H2,1-3H3. The molecule has 0 aliphatic carbocycles. The Balaban J connectivity index is 2.11. The number of aryl methyl sites for hydroxylation is 2. The van der Waals surface area contributed by atoms with E-state index in [2.05, 4.69) is 15.4 Å². The number of carbonyl (C=O) groups excluding carboxylic acids is 2. The van der Waals surface area contributed by atoms with Crippen molar-refractivity contribution in [2.75, 3.05) is 18.5 Å². The van der Waals surface area contributed by atoms with E-state index in [1.165, 1.54) is 22.9 Å². The van der Waals surface area contributed by atoms with Gasteiger partial charge in [-0.25, -0.2) is 9.48 Å². The molecule has 0 spiro atoms. The van der Waals surface area contributed by atoms with Gasteiger partial charge in [-0.15, -0.1) is 11.3 Å². The highest BCUT2D eigenvalue weighted by Crippen LogP contribution is 2.31. The second-order valence-corrected chi connectivity index (χ2v) is 7.44. The van der Waals surface area contributed by atoms with Crippen LogP contribution in [0.25, 0.3) is 10.6 Å². The zero-order valence-corrected chi connectivity index (χ0v) is 18.2. The van der Waals surface area contributed by atoms with Gasteiger partial charge in [0.25, 0.3) is 5.56 Å². The van der Waals surface area contributed by atoms with Crippen LogP contribution < -0.4 is 10.9 Å². The molecule has 0 saturated heterocycles. The van der Waals surface area contributed by atoms with E-state index in [1.807, 2.05) is 24.4 Å². The van der Waals surface area contributed by atoms with Crippen LogP contribution in [0.4, 0.5) is 11.4 Å². The number of aromatic nitrogens is 3. The monoisotopic (exact) mass is 442 g/mol. The summed E-state index contributed by atoms with van der Waals surface area (Å²) in [6.45, 7) is 5.01. The highest BCUT2D eigenvalue weighted by molar-refractivity contribution is 7.13. The lowest BCUT2D eigenvalue weighted by molar-refractivity contribution is -0.142. The summed E-state index contributed by atoms with van der Waals surface area (Å²) in [5.41, 5.74) is 1.37. The minimum atomic E-state index is -0.743. The maximum atomic E-state index is 13.1. The molecule has 0 saturated carbocycles. The third kappa shape index (κ3) is 5.15. The number of rotatable bonds is 8. The van der Waals surface area contributed by atoms with Crippen LogP contribution in [0.5, 0.6) is 0 Å². The van der Waals surface area contributed by atoms with Gasteiger partial charge in [-0.3, -0.25) is 14.6 Å². The molecular weight excluding hydrogens is 420 g/mol. The molecule has 0 amide bonds. The van der Waals surface area contributed by atoms with E-state index in [-0.39, 0.29) is 24.5 Å². The summed E-state index contributed by atoms with van der Waals surface area (Å²) in [7, 11) is 0. The maximum Gasteiger partial charge on any atom is 0.342 e. The topological polar surface area (TPSA) is 112 Å². The van der Waals surface area contributed by atoms with E-state index in [0.717, 1.165) is 5.56 Å². The van der Waals surface area contributed by atoms with E-state index in [0.29, 0.717) is 22.8 Å². The zero-order valence-electron chi connectivity index (χ0n) is 17.4. The Bertz CT molecular complexity index is 1140. The van der Waals surface area contributed by atoms with Crippen molar-refractivity contribution in [2.24, 2.45) is 0 Å². The first-order valence-corrected chi connectivity index (χ1v) is 10.5. The number of anilines is 2. The summed E-state index contributed by atoms with van der Waals surface area (Å²) >= 11 is 1.39. The quantitative estimate of drug-likeness (QED) is 0.418. The Morgan fingerprint density at radius 1 is 1.23 bits per heavy atom. The molecule has 0 aromatic carbocycles. The van der Waals surface area contributed by atoms with E-state index in [1.54, 1.807) is 25.4 Å². The van der Waals surface area contributed by atoms with Crippen LogP contribution >= 0.6 is 11.3 Å². The van der Waals surface area contributed by atoms with Crippen LogP contribution in [0.1, 0.15) is 29.8 Å². The van der Waals surface area contributed by atoms with Crippen molar-refractivity contribution in [3.63, 3.8) is 0 Å². The van der Waals surface area contributed by atoms with Gasteiger partial charge in [0.2, 0.25) is 0 Å². The van der Waals surface area contributed by atoms with Crippen LogP contribution in [0.3, 0.4) is 0 Å². The molecule has 0 bridgehead atoms. The predicted octanol–water partition coefficient (Wildman–Crippen LogP) is 3.16. The molecule has 3 aromatic rings. The van der Waals surface area contributed by atoms with Crippen LogP contribution in [0.15, 0.2) is 40.8 Å². The first-order valence-electron chi connectivity index (χ1n) is 9.59. The summed E-state index contributed by atoms with van der Waals surface area (Å²) in [5.74, 6) is -1.22. The number of carbonyl (C=O) groups is 2. The summed E-state index contributed by atoms with van der Waals surface area (Å²) in [6, 6.07) is 5.43. The molecule has 162 valence electrons. The minimum absolute atomic E-state index is 0.0169. The SMILES string of the molecule is CCn1nc(-c2cccs2)c(C(=O)OCCOC(C)=O)c(Nc2cnccc2C)c1=O. The number of nitrogens with one attached hydrogen (secondary N) is 1. The summed E-state index contributed by atoms with van der Waals surface area (Å²) in [4.78, 5) is 41.9. The fraction of sp³-hybridized carbons (Fsp3) is 0.286. The number of nitrogens with zero attached hydrogens (tertiary/aromatic N) is 3.